The summed E-state index contributed by atoms with van der Waals surface area (Å²) in [7, 11) is 0. The number of anilines is 1. The second-order valence-corrected chi connectivity index (χ2v) is 5.05. The average molecular weight is 234 g/mol. The molecule has 2 fully saturated rings. The maximum absolute atomic E-state index is 5.82. The lowest BCUT2D eigenvalue weighted by atomic mass is 10.0. The van der Waals surface area contributed by atoms with Crippen molar-refractivity contribution in [2.45, 2.75) is 12.0 Å². The van der Waals surface area contributed by atoms with Gasteiger partial charge in [0.2, 0.25) is 0 Å². The quantitative estimate of drug-likeness (QED) is 0.570. The zero-order valence-electron chi connectivity index (χ0n) is 8.90. The van der Waals surface area contributed by atoms with Gasteiger partial charge in [-0.3, -0.25) is 0 Å². The van der Waals surface area contributed by atoms with Gasteiger partial charge in [0.05, 0.1) is 18.8 Å². The second kappa shape index (κ2) is 3.43. The molecular formula is C12H14N2OS. The highest BCUT2D eigenvalue weighted by Crippen LogP contribution is 2.53. The van der Waals surface area contributed by atoms with Crippen LogP contribution in [0.2, 0.25) is 0 Å². The standard InChI is InChI=1S/C12H14N2OS/c13-10-3-1-2-8(4-10)12-5-9(12)6-15-7-11(16)14-12/h1-4,9H,5-7,13H2,(H,14,16)/t9-,12+/m0/s1. The van der Waals surface area contributed by atoms with E-state index < -0.39 is 0 Å². The number of benzene rings is 1. The normalized spacial score (nSPS) is 32.5. The number of fused-ring (bicyclic) bond motifs is 1. The molecule has 3 nitrogen and oxygen atoms in total. The second-order valence-electron chi connectivity index (χ2n) is 4.56. The zero-order valence-corrected chi connectivity index (χ0v) is 9.72. The van der Waals surface area contributed by atoms with Crippen molar-refractivity contribution in [2.75, 3.05) is 18.9 Å². The number of rotatable bonds is 1. The molecular weight excluding hydrogens is 220 g/mol. The predicted molar refractivity (Wildman–Crippen MR) is 67.2 cm³/mol. The van der Waals surface area contributed by atoms with Crippen LogP contribution in [0.1, 0.15) is 12.0 Å². The average Bonchev–Trinajstić information content (AvgIpc) is 2.93. The van der Waals surface area contributed by atoms with Gasteiger partial charge in [0.15, 0.2) is 0 Å². The maximum atomic E-state index is 5.82. The molecule has 3 N–H and O–H groups in total. The molecule has 1 aliphatic carbocycles. The van der Waals surface area contributed by atoms with Crippen molar-refractivity contribution in [1.29, 1.82) is 0 Å². The molecule has 16 heavy (non-hydrogen) atoms. The Bertz CT molecular complexity index is 448. The Morgan fingerprint density at radius 3 is 3.19 bits per heavy atom. The maximum Gasteiger partial charge on any atom is 0.102 e. The first kappa shape index (κ1) is 10.1. The summed E-state index contributed by atoms with van der Waals surface area (Å²) in [4.78, 5) is 0.794. The summed E-state index contributed by atoms with van der Waals surface area (Å²) in [5, 5.41) is 3.42. The summed E-state index contributed by atoms with van der Waals surface area (Å²) in [6.07, 6.45) is 1.08. The molecule has 0 bridgehead atoms. The van der Waals surface area contributed by atoms with Crippen LogP contribution in [0.25, 0.3) is 0 Å². The Kier molecular flexibility index (Phi) is 2.16. The van der Waals surface area contributed by atoms with E-state index in [-0.39, 0.29) is 5.54 Å². The van der Waals surface area contributed by atoms with Crippen LogP contribution in [0.3, 0.4) is 0 Å². The summed E-state index contributed by atoms with van der Waals surface area (Å²) >= 11 is 5.23. The van der Waals surface area contributed by atoms with E-state index in [4.69, 9.17) is 22.7 Å². The van der Waals surface area contributed by atoms with Gasteiger partial charge in [0, 0.05) is 11.6 Å². The van der Waals surface area contributed by atoms with Crippen molar-refractivity contribution >= 4 is 22.9 Å². The Hall–Kier alpha value is -1.13. The van der Waals surface area contributed by atoms with E-state index in [0.717, 1.165) is 23.7 Å². The van der Waals surface area contributed by atoms with Gasteiger partial charge in [-0.05, 0) is 24.1 Å². The van der Waals surface area contributed by atoms with Crippen molar-refractivity contribution in [2.24, 2.45) is 5.92 Å². The smallest absolute Gasteiger partial charge is 0.102 e. The Morgan fingerprint density at radius 2 is 2.38 bits per heavy atom. The fourth-order valence-corrected chi connectivity index (χ4v) is 2.77. The molecule has 1 aromatic carbocycles. The van der Waals surface area contributed by atoms with Crippen LogP contribution in [0, 0.1) is 5.92 Å². The topological polar surface area (TPSA) is 47.3 Å². The fourth-order valence-electron chi connectivity index (χ4n) is 2.50. The Morgan fingerprint density at radius 1 is 1.50 bits per heavy atom. The number of thiocarbonyl (C=S) groups is 1. The summed E-state index contributed by atoms with van der Waals surface area (Å²) in [5.74, 6) is 0.523. The van der Waals surface area contributed by atoms with Crippen LogP contribution in [0.15, 0.2) is 24.3 Å². The van der Waals surface area contributed by atoms with Crippen molar-refractivity contribution in [1.82, 2.24) is 5.32 Å². The van der Waals surface area contributed by atoms with E-state index in [2.05, 4.69) is 11.4 Å². The molecule has 1 aliphatic heterocycles. The minimum absolute atomic E-state index is 0.0109. The van der Waals surface area contributed by atoms with Crippen molar-refractivity contribution in [3.05, 3.63) is 29.8 Å². The molecule has 0 unspecified atom stereocenters. The molecule has 0 amide bonds. The van der Waals surface area contributed by atoms with E-state index in [9.17, 15) is 0 Å². The van der Waals surface area contributed by atoms with Gasteiger partial charge in [0.25, 0.3) is 0 Å². The molecule has 0 aromatic heterocycles. The molecule has 1 aromatic rings. The van der Waals surface area contributed by atoms with Crippen molar-refractivity contribution in [3.63, 3.8) is 0 Å². The highest BCUT2D eigenvalue weighted by molar-refractivity contribution is 7.80. The molecule has 4 heteroatoms. The molecule has 2 aliphatic rings. The van der Waals surface area contributed by atoms with Crippen LogP contribution in [0.5, 0.6) is 0 Å². The van der Waals surface area contributed by atoms with Gasteiger partial charge in [0.1, 0.15) is 4.99 Å². The molecule has 0 spiro atoms. The number of nitrogens with one attached hydrogen (secondary N) is 1. The van der Waals surface area contributed by atoms with Gasteiger partial charge in [-0.15, -0.1) is 0 Å². The Balaban J connectivity index is 1.96. The van der Waals surface area contributed by atoms with Crippen LogP contribution in [-0.4, -0.2) is 18.2 Å². The first-order valence-corrected chi connectivity index (χ1v) is 5.86. The molecule has 2 atom stereocenters. The summed E-state index contributed by atoms with van der Waals surface area (Å²) in [6.45, 7) is 1.32. The third-order valence-electron chi connectivity index (χ3n) is 3.42. The zero-order chi connectivity index (χ0) is 11.2. The van der Waals surface area contributed by atoms with Gasteiger partial charge < -0.3 is 15.8 Å². The Labute approximate surface area is 100.0 Å². The highest BCUT2D eigenvalue weighted by Gasteiger charge is 2.56. The van der Waals surface area contributed by atoms with E-state index in [1.165, 1.54) is 5.56 Å². The molecule has 84 valence electrons. The first-order valence-electron chi connectivity index (χ1n) is 5.45. The number of nitrogens with two attached hydrogens (primary N) is 1. The number of hydrogen-bond acceptors (Lipinski definition) is 3. The minimum atomic E-state index is -0.0109. The SMILES string of the molecule is Nc1cccc([C@]23C[C@H]2COCC(=S)N3)c1. The third-order valence-corrected chi connectivity index (χ3v) is 3.64. The summed E-state index contributed by atoms with van der Waals surface area (Å²) < 4.78 is 5.50. The molecule has 1 heterocycles. The fraction of sp³-hybridized carbons (Fsp3) is 0.417. The van der Waals surface area contributed by atoms with E-state index in [0.29, 0.717) is 12.5 Å². The van der Waals surface area contributed by atoms with Crippen LogP contribution >= 0.6 is 12.2 Å². The number of nitrogen functional groups attached to an aromatic ring is 1. The molecule has 0 radical (unpaired) electrons. The molecule has 3 rings (SSSR count). The van der Waals surface area contributed by atoms with E-state index in [1.54, 1.807) is 0 Å². The van der Waals surface area contributed by atoms with Crippen LogP contribution in [-0.2, 0) is 10.3 Å². The van der Waals surface area contributed by atoms with Gasteiger partial charge in [-0.25, -0.2) is 0 Å². The van der Waals surface area contributed by atoms with Gasteiger partial charge >= 0.3 is 0 Å². The lowest BCUT2D eigenvalue weighted by Gasteiger charge is -2.19. The third kappa shape index (κ3) is 1.49. The summed E-state index contributed by atoms with van der Waals surface area (Å²) in [5.41, 5.74) is 7.84. The number of hydrogen-bond donors (Lipinski definition) is 2. The van der Waals surface area contributed by atoms with E-state index in [1.807, 2.05) is 18.2 Å². The van der Waals surface area contributed by atoms with Crippen LogP contribution in [0.4, 0.5) is 5.69 Å². The molecule has 1 saturated heterocycles. The lowest BCUT2D eigenvalue weighted by Crippen LogP contribution is -2.35. The predicted octanol–water partition coefficient (Wildman–Crippen LogP) is 1.43. The monoisotopic (exact) mass is 234 g/mol. The largest absolute Gasteiger partial charge is 0.399 e. The van der Waals surface area contributed by atoms with E-state index >= 15 is 0 Å². The van der Waals surface area contributed by atoms with Gasteiger partial charge in [-0.1, -0.05) is 24.4 Å². The highest BCUT2D eigenvalue weighted by atomic mass is 32.1. The number of ether oxygens (including phenoxy) is 1. The first-order chi connectivity index (χ1) is 7.71. The molecule has 1 saturated carbocycles. The van der Waals surface area contributed by atoms with Crippen LogP contribution < -0.4 is 11.1 Å². The minimum Gasteiger partial charge on any atom is -0.399 e. The van der Waals surface area contributed by atoms with Crippen molar-refractivity contribution in [3.8, 4) is 0 Å². The van der Waals surface area contributed by atoms with Gasteiger partial charge in [-0.2, -0.15) is 0 Å². The summed E-state index contributed by atoms with van der Waals surface area (Å²) in [6, 6.07) is 8.03. The van der Waals surface area contributed by atoms with Crippen molar-refractivity contribution < 1.29 is 4.74 Å². The lowest BCUT2D eigenvalue weighted by molar-refractivity contribution is 0.162.